The Balaban J connectivity index is 1.42. The third kappa shape index (κ3) is 4.76. The molecular weight excluding hydrogens is 354 g/mol. The number of benzene rings is 1. The average molecular weight is 371 g/mol. The van der Waals surface area contributed by atoms with Gasteiger partial charge >= 0.3 is 5.97 Å². The zero-order chi connectivity index (χ0) is 18.4. The van der Waals surface area contributed by atoms with Crippen molar-refractivity contribution in [3.05, 3.63) is 52.5 Å². The highest BCUT2D eigenvalue weighted by Crippen LogP contribution is 2.19. The monoisotopic (exact) mass is 371 g/mol. The van der Waals surface area contributed by atoms with Gasteiger partial charge in [0, 0.05) is 23.1 Å². The minimum Gasteiger partial charge on any atom is -0.456 e. The van der Waals surface area contributed by atoms with E-state index in [4.69, 9.17) is 9.26 Å². The summed E-state index contributed by atoms with van der Waals surface area (Å²) in [5.74, 6) is -0.0369. The van der Waals surface area contributed by atoms with Crippen molar-refractivity contribution in [1.82, 2.24) is 10.1 Å². The van der Waals surface area contributed by atoms with E-state index in [-0.39, 0.29) is 25.4 Å². The maximum atomic E-state index is 11.8. The van der Waals surface area contributed by atoms with Gasteiger partial charge in [-0.2, -0.15) is 16.3 Å². The summed E-state index contributed by atoms with van der Waals surface area (Å²) in [4.78, 5) is 27.9. The summed E-state index contributed by atoms with van der Waals surface area (Å²) >= 11 is 1.54. The second kappa shape index (κ2) is 8.39. The normalized spacial score (nSPS) is 10.5. The van der Waals surface area contributed by atoms with E-state index in [1.807, 2.05) is 41.9 Å². The number of rotatable bonds is 7. The first-order valence-electron chi connectivity index (χ1n) is 7.98. The number of hydrogen-bond donors (Lipinski definition) is 1. The molecule has 0 saturated heterocycles. The van der Waals surface area contributed by atoms with Crippen LogP contribution in [0.1, 0.15) is 17.9 Å². The molecule has 1 aromatic carbocycles. The number of ether oxygens (including phenoxy) is 1. The summed E-state index contributed by atoms with van der Waals surface area (Å²) in [6.45, 7) is 1.55. The van der Waals surface area contributed by atoms with Gasteiger partial charge in [-0.1, -0.05) is 23.4 Å². The first kappa shape index (κ1) is 17.8. The van der Waals surface area contributed by atoms with Gasteiger partial charge in [0.05, 0.1) is 6.42 Å². The van der Waals surface area contributed by atoms with Crippen LogP contribution in [0.5, 0.6) is 0 Å². The Morgan fingerprint density at radius 1 is 1.27 bits per heavy atom. The summed E-state index contributed by atoms with van der Waals surface area (Å²) in [5.41, 5.74) is 2.51. The number of carbonyl (C=O) groups is 2. The fourth-order valence-electron chi connectivity index (χ4n) is 2.19. The predicted molar refractivity (Wildman–Crippen MR) is 96.7 cm³/mol. The van der Waals surface area contributed by atoms with Gasteiger partial charge in [0.25, 0.3) is 5.91 Å². The predicted octanol–water partition coefficient (Wildman–Crippen LogP) is 3.22. The molecule has 3 aromatic rings. The molecule has 2 heterocycles. The van der Waals surface area contributed by atoms with Crippen LogP contribution in [0.25, 0.3) is 11.4 Å². The Bertz CT molecular complexity index is 889. The summed E-state index contributed by atoms with van der Waals surface area (Å²) in [7, 11) is 0. The molecule has 0 unspecified atom stereocenters. The fraction of sp³-hybridized carbons (Fsp3) is 0.222. The molecule has 0 aliphatic heterocycles. The lowest BCUT2D eigenvalue weighted by Gasteiger charge is -2.08. The topological polar surface area (TPSA) is 94.3 Å². The van der Waals surface area contributed by atoms with Gasteiger partial charge in [-0.15, -0.1) is 0 Å². The number of thiophene rings is 1. The number of nitrogens with zero attached hydrogens (tertiary/aromatic N) is 2. The number of carbonyl (C=O) groups excluding carboxylic acids is 2. The lowest BCUT2D eigenvalue weighted by Crippen LogP contribution is -2.21. The minimum absolute atomic E-state index is 0.0584. The van der Waals surface area contributed by atoms with E-state index >= 15 is 0 Å². The van der Waals surface area contributed by atoms with Crippen LogP contribution >= 0.6 is 11.3 Å². The SMILES string of the molecule is Cc1ccccc1NC(=O)COC(=O)CCc1nc(-c2ccsc2)no1. The summed E-state index contributed by atoms with van der Waals surface area (Å²) in [5, 5.41) is 10.4. The van der Waals surface area contributed by atoms with Gasteiger partial charge in [0.15, 0.2) is 6.61 Å². The zero-order valence-electron chi connectivity index (χ0n) is 14.1. The molecule has 0 atom stereocenters. The van der Waals surface area contributed by atoms with Crippen molar-refractivity contribution in [2.24, 2.45) is 0 Å². The Kier molecular flexibility index (Phi) is 5.75. The van der Waals surface area contributed by atoms with E-state index in [2.05, 4.69) is 15.5 Å². The maximum Gasteiger partial charge on any atom is 0.306 e. The van der Waals surface area contributed by atoms with Gasteiger partial charge in [-0.05, 0) is 30.0 Å². The van der Waals surface area contributed by atoms with Crippen LogP contribution in [0.2, 0.25) is 0 Å². The number of para-hydroxylation sites is 1. The van der Waals surface area contributed by atoms with Crippen LogP contribution in [0, 0.1) is 6.92 Å². The van der Waals surface area contributed by atoms with E-state index in [1.165, 1.54) is 11.3 Å². The summed E-state index contributed by atoms with van der Waals surface area (Å²) < 4.78 is 10.1. The molecule has 0 aliphatic rings. The minimum atomic E-state index is -0.500. The van der Waals surface area contributed by atoms with Crippen molar-refractivity contribution in [2.75, 3.05) is 11.9 Å². The molecule has 7 nitrogen and oxygen atoms in total. The Hall–Kier alpha value is -3.00. The Labute approximate surface area is 154 Å². The smallest absolute Gasteiger partial charge is 0.306 e. The Morgan fingerprint density at radius 3 is 2.88 bits per heavy atom. The van der Waals surface area contributed by atoms with Crippen molar-refractivity contribution in [2.45, 2.75) is 19.8 Å². The third-order valence-electron chi connectivity index (χ3n) is 3.57. The van der Waals surface area contributed by atoms with E-state index in [0.717, 1.165) is 11.1 Å². The highest BCUT2D eigenvalue weighted by atomic mass is 32.1. The molecule has 0 saturated carbocycles. The maximum absolute atomic E-state index is 11.8. The molecule has 2 aromatic heterocycles. The second-order valence-electron chi connectivity index (χ2n) is 5.55. The molecule has 26 heavy (non-hydrogen) atoms. The van der Waals surface area contributed by atoms with Crippen LogP contribution in [-0.4, -0.2) is 28.6 Å². The van der Waals surface area contributed by atoms with Crippen LogP contribution in [-0.2, 0) is 20.7 Å². The fourth-order valence-corrected chi connectivity index (χ4v) is 2.83. The van der Waals surface area contributed by atoms with E-state index in [0.29, 0.717) is 17.4 Å². The van der Waals surface area contributed by atoms with Gasteiger partial charge in [-0.3, -0.25) is 9.59 Å². The van der Waals surface area contributed by atoms with Crippen molar-refractivity contribution in [1.29, 1.82) is 0 Å². The molecule has 8 heteroatoms. The van der Waals surface area contributed by atoms with E-state index in [1.54, 1.807) is 6.07 Å². The number of nitrogens with one attached hydrogen (secondary N) is 1. The number of anilines is 1. The molecule has 1 amide bonds. The quantitative estimate of drug-likeness (QED) is 0.641. The average Bonchev–Trinajstić information content (AvgIpc) is 3.31. The largest absolute Gasteiger partial charge is 0.456 e. The molecule has 0 radical (unpaired) electrons. The lowest BCUT2D eigenvalue weighted by molar-refractivity contribution is -0.147. The first-order valence-corrected chi connectivity index (χ1v) is 8.92. The molecular formula is C18H17N3O4S. The summed E-state index contributed by atoms with van der Waals surface area (Å²) in [6.07, 6.45) is 0.318. The van der Waals surface area contributed by atoms with Gasteiger partial charge in [0.1, 0.15) is 0 Å². The standard InChI is InChI=1S/C18H17N3O4S/c1-12-4-2-3-5-14(12)19-15(22)10-24-17(23)7-6-16-20-18(21-25-16)13-8-9-26-11-13/h2-5,8-9,11H,6-7,10H2,1H3,(H,19,22). The first-order chi connectivity index (χ1) is 12.6. The van der Waals surface area contributed by atoms with Crippen LogP contribution in [0.15, 0.2) is 45.6 Å². The number of amides is 1. The third-order valence-corrected chi connectivity index (χ3v) is 4.26. The highest BCUT2D eigenvalue weighted by Gasteiger charge is 2.13. The molecule has 0 fully saturated rings. The molecule has 1 N–H and O–H groups in total. The number of aromatic nitrogens is 2. The van der Waals surface area contributed by atoms with Crippen LogP contribution in [0.3, 0.4) is 0 Å². The van der Waals surface area contributed by atoms with Crippen LogP contribution in [0.4, 0.5) is 5.69 Å². The molecule has 0 bridgehead atoms. The highest BCUT2D eigenvalue weighted by molar-refractivity contribution is 7.08. The van der Waals surface area contributed by atoms with Gasteiger partial charge in [-0.25, -0.2) is 0 Å². The lowest BCUT2D eigenvalue weighted by atomic mass is 10.2. The van der Waals surface area contributed by atoms with Gasteiger partial charge in [0.2, 0.25) is 11.7 Å². The molecule has 134 valence electrons. The number of aryl methyl sites for hydroxylation is 2. The van der Waals surface area contributed by atoms with E-state index < -0.39 is 5.97 Å². The van der Waals surface area contributed by atoms with Crippen molar-refractivity contribution in [3.63, 3.8) is 0 Å². The Morgan fingerprint density at radius 2 is 2.12 bits per heavy atom. The molecule has 3 rings (SSSR count). The number of esters is 1. The van der Waals surface area contributed by atoms with Crippen molar-refractivity contribution >= 4 is 28.9 Å². The molecule has 0 aliphatic carbocycles. The van der Waals surface area contributed by atoms with E-state index in [9.17, 15) is 9.59 Å². The van der Waals surface area contributed by atoms with Crippen molar-refractivity contribution in [3.8, 4) is 11.4 Å². The molecule has 0 spiro atoms. The summed E-state index contributed by atoms with van der Waals surface area (Å²) in [6, 6.07) is 9.27. The van der Waals surface area contributed by atoms with Crippen LogP contribution < -0.4 is 5.32 Å². The number of hydrogen-bond acceptors (Lipinski definition) is 7. The zero-order valence-corrected chi connectivity index (χ0v) is 14.9. The second-order valence-corrected chi connectivity index (χ2v) is 6.33. The van der Waals surface area contributed by atoms with Gasteiger partial charge < -0.3 is 14.6 Å². The van der Waals surface area contributed by atoms with Crippen molar-refractivity contribution < 1.29 is 18.8 Å².